The molecular weight excluding hydrogens is 314 g/mol. The first-order chi connectivity index (χ1) is 11.2. The highest BCUT2D eigenvalue weighted by Crippen LogP contribution is 2.33. The molecular formula is C16H15N3O3S. The molecule has 1 fully saturated rings. The van der Waals surface area contributed by atoms with Gasteiger partial charge in [0, 0.05) is 6.20 Å². The summed E-state index contributed by atoms with van der Waals surface area (Å²) in [4.78, 5) is 32.8. The maximum absolute atomic E-state index is 12.4. The maximum Gasteiger partial charge on any atom is 0.293 e. The molecule has 1 aliphatic rings. The van der Waals surface area contributed by atoms with Crippen LogP contribution in [0, 0.1) is 0 Å². The summed E-state index contributed by atoms with van der Waals surface area (Å²) >= 11 is 0.946. The Morgan fingerprint density at radius 2 is 2.09 bits per heavy atom. The number of hydrogen-bond donors (Lipinski definition) is 1. The number of benzene rings is 1. The minimum absolute atomic E-state index is 0.200. The number of thioether (sulfide) groups is 1. The summed E-state index contributed by atoms with van der Waals surface area (Å²) in [5.41, 5.74) is 1.56. The van der Waals surface area contributed by atoms with Crippen molar-refractivity contribution in [2.45, 2.75) is 13.5 Å². The predicted molar refractivity (Wildman–Crippen MR) is 87.7 cm³/mol. The van der Waals surface area contributed by atoms with E-state index in [1.165, 1.54) is 11.2 Å². The lowest BCUT2D eigenvalue weighted by Gasteiger charge is -2.10. The zero-order valence-corrected chi connectivity index (χ0v) is 13.3. The summed E-state index contributed by atoms with van der Waals surface area (Å²) in [5.74, 6) is 0.487. The fraction of sp³-hybridized carbons (Fsp3) is 0.188. The van der Waals surface area contributed by atoms with Crippen LogP contribution in [0.15, 0.2) is 41.7 Å². The molecule has 0 radical (unpaired) electrons. The molecule has 7 heteroatoms. The van der Waals surface area contributed by atoms with Crippen molar-refractivity contribution in [1.82, 2.24) is 14.9 Å². The van der Waals surface area contributed by atoms with Gasteiger partial charge in [-0.05, 0) is 42.5 Å². The van der Waals surface area contributed by atoms with E-state index < -0.39 is 0 Å². The fourth-order valence-electron chi connectivity index (χ4n) is 2.16. The summed E-state index contributed by atoms with van der Waals surface area (Å²) in [6.45, 7) is 2.72. The van der Waals surface area contributed by atoms with Crippen LogP contribution in [0.2, 0.25) is 0 Å². The van der Waals surface area contributed by atoms with Gasteiger partial charge in [0.15, 0.2) is 0 Å². The molecule has 2 amide bonds. The Morgan fingerprint density at radius 3 is 2.74 bits per heavy atom. The summed E-state index contributed by atoms with van der Waals surface area (Å²) < 4.78 is 5.38. The molecule has 1 aromatic carbocycles. The largest absolute Gasteiger partial charge is 0.494 e. The van der Waals surface area contributed by atoms with Crippen LogP contribution < -0.4 is 4.74 Å². The molecule has 2 heterocycles. The molecule has 1 N–H and O–H groups in total. The van der Waals surface area contributed by atoms with Crippen molar-refractivity contribution in [3.05, 3.63) is 53.0 Å². The van der Waals surface area contributed by atoms with Crippen LogP contribution >= 0.6 is 11.8 Å². The number of aromatic amines is 1. The lowest BCUT2D eigenvalue weighted by atomic mass is 10.2. The molecule has 1 aliphatic heterocycles. The predicted octanol–water partition coefficient (Wildman–Crippen LogP) is 3.04. The van der Waals surface area contributed by atoms with E-state index in [1.807, 2.05) is 31.2 Å². The maximum atomic E-state index is 12.4. The minimum Gasteiger partial charge on any atom is -0.494 e. The Bertz CT molecular complexity index is 738. The number of amides is 2. The quantitative estimate of drug-likeness (QED) is 0.853. The highest BCUT2D eigenvalue weighted by molar-refractivity contribution is 8.18. The van der Waals surface area contributed by atoms with E-state index in [2.05, 4.69) is 9.97 Å². The molecule has 0 aliphatic carbocycles. The highest BCUT2D eigenvalue weighted by Gasteiger charge is 2.35. The standard InChI is InChI=1S/C16H15N3O3S/c1-2-22-13-5-3-11(4-6-13)7-14-15(20)19(16(21)23-14)9-12-8-17-10-18-12/h3-8,10H,2,9H2,1H3,(H,17,18). The van der Waals surface area contributed by atoms with Gasteiger partial charge in [0.1, 0.15) is 5.75 Å². The fourth-order valence-corrected chi connectivity index (χ4v) is 2.99. The van der Waals surface area contributed by atoms with E-state index in [0.29, 0.717) is 11.5 Å². The number of imidazole rings is 1. The number of nitrogens with one attached hydrogen (secondary N) is 1. The van der Waals surface area contributed by atoms with Crippen LogP contribution in [0.5, 0.6) is 5.75 Å². The highest BCUT2D eigenvalue weighted by atomic mass is 32.2. The SMILES string of the molecule is CCOc1ccc(C=C2SC(=O)N(Cc3cnc[nH]3)C2=O)cc1. The smallest absolute Gasteiger partial charge is 0.293 e. The van der Waals surface area contributed by atoms with E-state index in [0.717, 1.165) is 28.8 Å². The van der Waals surface area contributed by atoms with Gasteiger partial charge in [-0.2, -0.15) is 0 Å². The van der Waals surface area contributed by atoms with Crippen molar-refractivity contribution in [1.29, 1.82) is 0 Å². The van der Waals surface area contributed by atoms with Crippen molar-refractivity contribution >= 4 is 29.0 Å². The second kappa shape index (κ2) is 6.70. The molecule has 118 valence electrons. The Labute approximate surface area is 137 Å². The monoisotopic (exact) mass is 329 g/mol. The van der Waals surface area contributed by atoms with Gasteiger partial charge < -0.3 is 9.72 Å². The van der Waals surface area contributed by atoms with E-state index in [4.69, 9.17) is 4.74 Å². The molecule has 1 aromatic heterocycles. The van der Waals surface area contributed by atoms with E-state index in [-0.39, 0.29) is 17.7 Å². The summed E-state index contributed by atoms with van der Waals surface area (Å²) in [6, 6.07) is 7.38. The van der Waals surface area contributed by atoms with Crippen LogP contribution in [0.25, 0.3) is 6.08 Å². The lowest BCUT2D eigenvalue weighted by molar-refractivity contribution is -0.123. The lowest BCUT2D eigenvalue weighted by Crippen LogP contribution is -2.27. The molecule has 2 aromatic rings. The average Bonchev–Trinajstić information content (AvgIpc) is 3.14. The minimum atomic E-state index is -0.288. The zero-order chi connectivity index (χ0) is 16.2. The Kier molecular flexibility index (Phi) is 4.47. The number of H-pyrrole nitrogens is 1. The molecule has 0 saturated carbocycles. The van der Waals surface area contributed by atoms with Gasteiger partial charge in [-0.25, -0.2) is 4.98 Å². The van der Waals surface area contributed by atoms with E-state index >= 15 is 0 Å². The molecule has 23 heavy (non-hydrogen) atoms. The first-order valence-electron chi connectivity index (χ1n) is 7.13. The van der Waals surface area contributed by atoms with Crippen molar-refractivity contribution < 1.29 is 14.3 Å². The Hall–Kier alpha value is -2.54. The molecule has 0 bridgehead atoms. The molecule has 3 rings (SSSR count). The zero-order valence-electron chi connectivity index (χ0n) is 12.5. The third-order valence-electron chi connectivity index (χ3n) is 3.25. The number of rotatable bonds is 5. The van der Waals surface area contributed by atoms with E-state index in [9.17, 15) is 9.59 Å². The van der Waals surface area contributed by atoms with Gasteiger partial charge in [0.05, 0.1) is 30.1 Å². The van der Waals surface area contributed by atoms with Crippen molar-refractivity contribution in [3.8, 4) is 5.75 Å². The second-order valence-corrected chi connectivity index (χ2v) is 5.84. The van der Waals surface area contributed by atoms with Crippen molar-refractivity contribution in [2.75, 3.05) is 6.61 Å². The van der Waals surface area contributed by atoms with Crippen LogP contribution in [-0.2, 0) is 11.3 Å². The van der Waals surface area contributed by atoms with Gasteiger partial charge in [-0.15, -0.1) is 0 Å². The summed E-state index contributed by atoms with van der Waals surface area (Å²) in [7, 11) is 0. The first kappa shape index (κ1) is 15.4. The van der Waals surface area contributed by atoms with E-state index in [1.54, 1.807) is 12.3 Å². The summed E-state index contributed by atoms with van der Waals surface area (Å²) in [5, 5.41) is -0.276. The van der Waals surface area contributed by atoms with Crippen molar-refractivity contribution in [2.24, 2.45) is 0 Å². The molecule has 0 spiro atoms. The first-order valence-corrected chi connectivity index (χ1v) is 7.94. The average molecular weight is 329 g/mol. The number of ether oxygens (including phenoxy) is 1. The van der Waals surface area contributed by atoms with Gasteiger partial charge in [0.25, 0.3) is 11.1 Å². The van der Waals surface area contributed by atoms with Gasteiger partial charge in [-0.3, -0.25) is 14.5 Å². The molecule has 1 saturated heterocycles. The van der Waals surface area contributed by atoms with Gasteiger partial charge >= 0.3 is 0 Å². The van der Waals surface area contributed by atoms with Gasteiger partial charge in [-0.1, -0.05) is 12.1 Å². The number of aromatic nitrogens is 2. The number of nitrogens with zero attached hydrogens (tertiary/aromatic N) is 2. The Balaban J connectivity index is 1.75. The number of carbonyl (C=O) groups excluding carboxylic acids is 2. The molecule has 0 unspecified atom stereocenters. The third-order valence-corrected chi connectivity index (χ3v) is 4.15. The molecule has 0 atom stereocenters. The number of imide groups is 1. The Morgan fingerprint density at radius 1 is 1.30 bits per heavy atom. The second-order valence-electron chi connectivity index (χ2n) is 4.85. The summed E-state index contributed by atoms with van der Waals surface area (Å²) in [6.07, 6.45) is 4.83. The van der Waals surface area contributed by atoms with Crippen LogP contribution in [0.1, 0.15) is 18.2 Å². The third kappa shape index (κ3) is 3.45. The van der Waals surface area contributed by atoms with Crippen LogP contribution in [0.3, 0.4) is 0 Å². The van der Waals surface area contributed by atoms with Crippen molar-refractivity contribution in [3.63, 3.8) is 0 Å². The van der Waals surface area contributed by atoms with Gasteiger partial charge in [0.2, 0.25) is 0 Å². The topological polar surface area (TPSA) is 75.3 Å². The number of hydrogen-bond acceptors (Lipinski definition) is 5. The number of carbonyl (C=O) groups is 2. The van der Waals surface area contributed by atoms with Crippen LogP contribution in [-0.4, -0.2) is 32.6 Å². The van der Waals surface area contributed by atoms with Crippen LogP contribution in [0.4, 0.5) is 4.79 Å². The molecule has 6 nitrogen and oxygen atoms in total. The normalized spacial score (nSPS) is 16.4.